The van der Waals surface area contributed by atoms with Gasteiger partial charge in [0.1, 0.15) is 11.6 Å². The van der Waals surface area contributed by atoms with E-state index in [0.29, 0.717) is 11.3 Å². The molecule has 2 N–H and O–H groups in total. The molecule has 8 heteroatoms. The van der Waals surface area contributed by atoms with Gasteiger partial charge in [0.2, 0.25) is 5.60 Å². The lowest BCUT2D eigenvalue weighted by Gasteiger charge is -2.21. The smallest absolute Gasteiger partial charge is 0.268 e. The van der Waals surface area contributed by atoms with E-state index in [1.807, 2.05) is 0 Å². The van der Waals surface area contributed by atoms with Gasteiger partial charge in [-0.05, 0) is 48.0 Å². The largest absolute Gasteiger partial charge is 0.372 e. The third kappa shape index (κ3) is 3.54. The third-order valence-electron chi connectivity index (χ3n) is 4.19. The van der Waals surface area contributed by atoms with Crippen LogP contribution in [0.4, 0.5) is 14.5 Å². The summed E-state index contributed by atoms with van der Waals surface area (Å²) in [4.78, 5) is 26.1. The quantitative estimate of drug-likeness (QED) is 0.800. The molecular formula is C18H15ClF2N2O3. The number of nitrogens with zero attached hydrogens (tertiary/aromatic N) is 1. The van der Waals surface area contributed by atoms with Crippen molar-refractivity contribution in [2.45, 2.75) is 18.6 Å². The average molecular weight is 381 g/mol. The lowest BCUT2D eigenvalue weighted by Crippen LogP contribution is -2.52. The standard InChI is InChI=1S/C18H15ClF2N2O3/c19-12-7-11(8-14(21)9-12)10-22-16(24)18(26)5-6-23(17(18)25)15-3-1-13(20)2-4-15/h1-4,7-9,26H,5-6,10H2,(H,22,24)/t18-/m0/s1. The lowest BCUT2D eigenvalue weighted by molar-refractivity contribution is -0.149. The fourth-order valence-electron chi connectivity index (χ4n) is 2.82. The summed E-state index contributed by atoms with van der Waals surface area (Å²) in [7, 11) is 0. The van der Waals surface area contributed by atoms with Gasteiger partial charge in [-0.3, -0.25) is 9.59 Å². The molecule has 0 spiro atoms. The second kappa shape index (κ2) is 7.01. The summed E-state index contributed by atoms with van der Waals surface area (Å²) < 4.78 is 26.3. The molecule has 2 amide bonds. The van der Waals surface area contributed by atoms with E-state index in [-0.39, 0.29) is 24.5 Å². The molecule has 3 rings (SSSR count). The highest BCUT2D eigenvalue weighted by Crippen LogP contribution is 2.29. The van der Waals surface area contributed by atoms with Gasteiger partial charge in [-0.2, -0.15) is 0 Å². The van der Waals surface area contributed by atoms with Crippen LogP contribution in [0.15, 0.2) is 42.5 Å². The predicted molar refractivity (Wildman–Crippen MR) is 91.6 cm³/mol. The highest BCUT2D eigenvalue weighted by molar-refractivity contribution is 6.30. The van der Waals surface area contributed by atoms with Gasteiger partial charge in [-0.1, -0.05) is 11.6 Å². The van der Waals surface area contributed by atoms with E-state index in [2.05, 4.69) is 5.32 Å². The minimum absolute atomic E-state index is 0.0948. The number of halogens is 3. The number of carbonyl (C=O) groups excluding carboxylic acids is 2. The number of amides is 2. The highest BCUT2D eigenvalue weighted by Gasteiger charge is 2.51. The zero-order chi connectivity index (χ0) is 18.9. The monoisotopic (exact) mass is 380 g/mol. The molecule has 1 heterocycles. The first-order valence-electron chi connectivity index (χ1n) is 7.83. The first-order valence-corrected chi connectivity index (χ1v) is 8.20. The molecule has 0 saturated carbocycles. The number of hydrogen-bond acceptors (Lipinski definition) is 3. The Balaban J connectivity index is 1.70. The van der Waals surface area contributed by atoms with Crippen LogP contribution < -0.4 is 10.2 Å². The van der Waals surface area contributed by atoms with E-state index in [1.165, 1.54) is 41.3 Å². The molecule has 1 aliphatic rings. The molecule has 0 bridgehead atoms. The highest BCUT2D eigenvalue weighted by atomic mass is 35.5. The van der Waals surface area contributed by atoms with Gasteiger partial charge < -0.3 is 15.3 Å². The molecule has 0 unspecified atom stereocenters. The van der Waals surface area contributed by atoms with Crippen molar-refractivity contribution in [1.82, 2.24) is 5.32 Å². The maximum Gasteiger partial charge on any atom is 0.268 e. The minimum atomic E-state index is -2.23. The number of carbonyl (C=O) groups is 2. The van der Waals surface area contributed by atoms with Crippen LogP contribution in [-0.4, -0.2) is 29.1 Å². The van der Waals surface area contributed by atoms with Crippen molar-refractivity contribution in [3.8, 4) is 0 Å². The van der Waals surface area contributed by atoms with E-state index < -0.39 is 29.0 Å². The molecule has 1 atom stereocenters. The molecule has 0 aliphatic carbocycles. The van der Waals surface area contributed by atoms with E-state index in [0.717, 1.165) is 6.07 Å². The van der Waals surface area contributed by atoms with E-state index >= 15 is 0 Å². The second-order valence-electron chi connectivity index (χ2n) is 6.00. The third-order valence-corrected chi connectivity index (χ3v) is 4.40. The van der Waals surface area contributed by atoms with Gasteiger partial charge in [0.05, 0.1) is 0 Å². The molecule has 1 fully saturated rings. The molecule has 0 radical (unpaired) electrons. The van der Waals surface area contributed by atoms with Crippen LogP contribution >= 0.6 is 11.6 Å². The predicted octanol–water partition coefficient (Wildman–Crippen LogP) is 2.40. The van der Waals surface area contributed by atoms with Gasteiger partial charge in [0.25, 0.3) is 11.8 Å². The topological polar surface area (TPSA) is 69.6 Å². The summed E-state index contributed by atoms with van der Waals surface area (Å²) in [6.45, 7) is 0.0165. The summed E-state index contributed by atoms with van der Waals surface area (Å²) in [6.07, 6.45) is -0.112. The number of anilines is 1. The maximum absolute atomic E-state index is 13.3. The maximum atomic E-state index is 13.3. The van der Waals surface area contributed by atoms with Crippen LogP contribution in [0.2, 0.25) is 5.02 Å². The van der Waals surface area contributed by atoms with Crippen molar-refractivity contribution < 1.29 is 23.5 Å². The molecular weight excluding hydrogens is 366 g/mol. The van der Waals surface area contributed by atoms with Gasteiger partial charge in [-0.25, -0.2) is 8.78 Å². The number of rotatable bonds is 4. The van der Waals surface area contributed by atoms with E-state index in [9.17, 15) is 23.5 Å². The zero-order valence-electron chi connectivity index (χ0n) is 13.5. The van der Waals surface area contributed by atoms with Crippen molar-refractivity contribution in [1.29, 1.82) is 0 Å². The van der Waals surface area contributed by atoms with Crippen molar-refractivity contribution in [2.24, 2.45) is 0 Å². The Morgan fingerprint density at radius 3 is 2.54 bits per heavy atom. The van der Waals surface area contributed by atoms with Crippen LogP contribution in [0.25, 0.3) is 0 Å². The number of hydrogen-bond donors (Lipinski definition) is 2. The van der Waals surface area contributed by atoms with Crippen LogP contribution in [0.5, 0.6) is 0 Å². The van der Waals surface area contributed by atoms with Crippen molar-refractivity contribution in [3.63, 3.8) is 0 Å². The van der Waals surface area contributed by atoms with Crippen molar-refractivity contribution >= 4 is 29.1 Å². The van der Waals surface area contributed by atoms with Crippen molar-refractivity contribution in [2.75, 3.05) is 11.4 Å². The Morgan fingerprint density at radius 2 is 1.88 bits per heavy atom. The van der Waals surface area contributed by atoms with Crippen molar-refractivity contribution in [3.05, 3.63) is 64.7 Å². The fraction of sp³-hybridized carbons (Fsp3) is 0.222. The first kappa shape index (κ1) is 18.3. The molecule has 2 aromatic carbocycles. The second-order valence-corrected chi connectivity index (χ2v) is 6.44. The normalized spacial score (nSPS) is 19.7. The summed E-state index contributed by atoms with van der Waals surface area (Å²) >= 11 is 5.75. The zero-order valence-corrected chi connectivity index (χ0v) is 14.3. The molecule has 1 aliphatic heterocycles. The Hall–Kier alpha value is -2.51. The van der Waals surface area contributed by atoms with E-state index in [4.69, 9.17) is 11.6 Å². The fourth-order valence-corrected chi connectivity index (χ4v) is 3.07. The summed E-state index contributed by atoms with van der Waals surface area (Å²) in [5.41, 5.74) is -1.45. The lowest BCUT2D eigenvalue weighted by atomic mass is 10.0. The summed E-state index contributed by atoms with van der Waals surface area (Å²) in [6, 6.07) is 8.95. The number of aliphatic hydroxyl groups is 1. The van der Waals surface area contributed by atoms with Crippen LogP contribution in [0.3, 0.4) is 0 Å². The summed E-state index contributed by atoms with van der Waals surface area (Å²) in [5.74, 6) is -2.69. The van der Waals surface area contributed by atoms with Gasteiger partial charge in [0, 0.05) is 30.2 Å². The van der Waals surface area contributed by atoms with Gasteiger partial charge in [0.15, 0.2) is 0 Å². The first-order chi connectivity index (χ1) is 12.3. The van der Waals surface area contributed by atoms with Crippen LogP contribution in [0, 0.1) is 11.6 Å². The van der Waals surface area contributed by atoms with Gasteiger partial charge in [-0.15, -0.1) is 0 Å². The molecule has 1 saturated heterocycles. The minimum Gasteiger partial charge on any atom is -0.372 e. The molecule has 136 valence electrons. The number of benzene rings is 2. The van der Waals surface area contributed by atoms with Crippen LogP contribution in [-0.2, 0) is 16.1 Å². The molecule has 2 aromatic rings. The average Bonchev–Trinajstić information content (AvgIpc) is 2.89. The molecule has 0 aromatic heterocycles. The van der Waals surface area contributed by atoms with Gasteiger partial charge >= 0.3 is 0 Å². The van der Waals surface area contributed by atoms with Crippen LogP contribution in [0.1, 0.15) is 12.0 Å². The number of nitrogens with one attached hydrogen (secondary N) is 1. The molecule has 26 heavy (non-hydrogen) atoms. The summed E-state index contributed by atoms with van der Waals surface area (Å²) in [5, 5.41) is 13.1. The van der Waals surface area contributed by atoms with E-state index in [1.54, 1.807) is 0 Å². The Labute approximate surface area is 153 Å². The molecule has 5 nitrogen and oxygen atoms in total. The Morgan fingerprint density at radius 1 is 1.19 bits per heavy atom. The Bertz CT molecular complexity index is 840. The Kier molecular flexibility index (Phi) is 4.93. The SMILES string of the molecule is O=C(NCc1cc(F)cc(Cl)c1)[C@@]1(O)CCN(c2ccc(F)cc2)C1=O.